The van der Waals surface area contributed by atoms with E-state index in [1.54, 1.807) is 0 Å². The Kier molecular flexibility index (Phi) is 4.01. The highest BCUT2D eigenvalue weighted by Crippen LogP contribution is 2.48. The van der Waals surface area contributed by atoms with E-state index in [1.165, 1.54) is 17.6 Å². The fraction of sp³-hybridized carbons (Fsp3) is 0.381. The zero-order valence-electron chi connectivity index (χ0n) is 13.9. The lowest BCUT2D eigenvalue weighted by Gasteiger charge is -2.21. The summed E-state index contributed by atoms with van der Waals surface area (Å²) in [4.78, 5) is 0. The minimum absolute atomic E-state index is 0.0125. The maximum atomic E-state index is 13.1. The lowest BCUT2D eigenvalue weighted by atomic mass is 9.76. The molecule has 1 N–H and O–H groups in total. The summed E-state index contributed by atoms with van der Waals surface area (Å²) in [5.74, 6) is 0. The van der Waals surface area contributed by atoms with Crippen molar-refractivity contribution in [2.45, 2.75) is 38.1 Å². The Morgan fingerprint density at radius 3 is 2.25 bits per heavy atom. The van der Waals surface area contributed by atoms with Crippen LogP contribution in [-0.2, 0) is 0 Å². The Morgan fingerprint density at radius 2 is 1.58 bits per heavy atom. The second kappa shape index (κ2) is 6.31. The number of nitrogens with one attached hydrogen (secondary N) is 1. The predicted octanol–water partition coefficient (Wildman–Crippen LogP) is 4.43. The molecule has 4 rings (SSSR count). The molecule has 0 amide bonds. The number of hydrogen-bond donors (Lipinski definition) is 1. The zero-order valence-corrected chi connectivity index (χ0v) is 13.9. The lowest BCUT2D eigenvalue weighted by Crippen LogP contribution is -2.27. The number of anilines is 1. The van der Waals surface area contributed by atoms with E-state index >= 15 is 0 Å². The second-order valence-corrected chi connectivity index (χ2v) is 7.13. The Labute approximate surface area is 143 Å². The standard InChI is InChI=1S/C21H24N2O/c24-23-19(16-22-18-11-5-2-6-12-18)15-21(13-7-8-14-21)20(23)17-9-3-1-4-10-17/h1-6,9-12,19,22H,7-8,13-16H2. The molecule has 0 aromatic heterocycles. The fourth-order valence-corrected chi connectivity index (χ4v) is 4.52. The average molecular weight is 320 g/mol. The lowest BCUT2D eigenvalue weighted by molar-refractivity contribution is -0.487. The third-order valence-corrected chi connectivity index (χ3v) is 5.60. The van der Waals surface area contributed by atoms with Gasteiger partial charge in [0.25, 0.3) is 0 Å². The summed E-state index contributed by atoms with van der Waals surface area (Å²) in [7, 11) is 0. The van der Waals surface area contributed by atoms with Gasteiger partial charge >= 0.3 is 0 Å². The van der Waals surface area contributed by atoms with Gasteiger partial charge in [0.2, 0.25) is 5.71 Å². The van der Waals surface area contributed by atoms with Crippen molar-refractivity contribution in [2.24, 2.45) is 5.41 Å². The quantitative estimate of drug-likeness (QED) is 0.668. The van der Waals surface area contributed by atoms with Crippen LogP contribution in [0.2, 0.25) is 0 Å². The van der Waals surface area contributed by atoms with Crippen molar-refractivity contribution in [3.8, 4) is 0 Å². The monoisotopic (exact) mass is 320 g/mol. The van der Waals surface area contributed by atoms with Crippen LogP contribution in [0.4, 0.5) is 5.69 Å². The van der Waals surface area contributed by atoms with Crippen LogP contribution >= 0.6 is 0 Å². The first-order valence-electron chi connectivity index (χ1n) is 8.97. The van der Waals surface area contributed by atoms with Crippen molar-refractivity contribution in [3.63, 3.8) is 0 Å². The van der Waals surface area contributed by atoms with Crippen molar-refractivity contribution in [3.05, 3.63) is 71.4 Å². The summed E-state index contributed by atoms with van der Waals surface area (Å²) >= 11 is 0. The molecular formula is C21H24N2O. The molecule has 1 aliphatic carbocycles. The van der Waals surface area contributed by atoms with Gasteiger partial charge in [-0.25, -0.2) is 4.74 Å². The number of hydrogen-bond acceptors (Lipinski definition) is 2. The Morgan fingerprint density at radius 1 is 0.958 bits per heavy atom. The molecule has 1 atom stereocenters. The van der Waals surface area contributed by atoms with Crippen LogP contribution in [0.1, 0.15) is 37.7 Å². The maximum absolute atomic E-state index is 13.1. The number of nitrogens with zero attached hydrogens (tertiary/aromatic N) is 1. The van der Waals surface area contributed by atoms with E-state index in [9.17, 15) is 5.21 Å². The Balaban J connectivity index is 1.61. The van der Waals surface area contributed by atoms with Gasteiger partial charge < -0.3 is 10.5 Å². The summed E-state index contributed by atoms with van der Waals surface area (Å²) < 4.78 is 1.32. The van der Waals surface area contributed by atoms with Crippen LogP contribution in [-0.4, -0.2) is 23.0 Å². The smallest absolute Gasteiger partial charge is 0.201 e. The molecule has 0 radical (unpaired) electrons. The van der Waals surface area contributed by atoms with E-state index in [4.69, 9.17) is 0 Å². The first-order valence-corrected chi connectivity index (χ1v) is 8.97. The molecule has 24 heavy (non-hydrogen) atoms. The van der Waals surface area contributed by atoms with Gasteiger partial charge in [0.1, 0.15) is 0 Å². The van der Waals surface area contributed by atoms with E-state index in [-0.39, 0.29) is 11.5 Å². The van der Waals surface area contributed by atoms with Crippen LogP contribution in [0.15, 0.2) is 60.7 Å². The molecule has 1 aliphatic heterocycles. The van der Waals surface area contributed by atoms with Crippen LogP contribution in [0.5, 0.6) is 0 Å². The molecule has 1 saturated carbocycles. The van der Waals surface area contributed by atoms with Crippen molar-refractivity contribution in [1.29, 1.82) is 0 Å². The number of para-hydroxylation sites is 1. The summed E-state index contributed by atoms with van der Waals surface area (Å²) in [6.45, 7) is 0.700. The average Bonchev–Trinajstić information content (AvgIpc) is 3.20. The van der Waals surface area contributed by atoms with E-state index in [0.717, 1.165) is 36.2 Å². The van der Waals surface area contributed by atoms with E-state index in [2.05, 4.69) is 29.6 Å². The highest BCUT2D eigenvalue weighted by atomic mass is 16.5. The largest absolute Gasteiger partial charge is 0.623 e. The molecular weight excluding hydrogens is 296 g/mol. The minimum atomic E-state index is 0.0125. The first kappa shape index (κ1) is 15.3. The molecule has 3 heteroatoms. The molecule has 2 aromatic carbocycles. The minimum Gasteiger partial charge on any atom is -0.623 e. The van der Waals surface area contributed by atoms with Gasteiger partial charge in [-0.05, 0) is 37.1 Å². The van der Waals surface area contributed by atoms with Gasteiger partial charge in [-0.3, -0.25) is 0 Å². The molecule has 124 valence electrons. The highest BCUT2D eigenvalue weighted by Gasteiger charge is 2.52. The molecule has 1 fully saturated rings. The van der Waals surface area contributed by atoms with Gasteiger partial charge in [-0.15, -0.1) is 0 Å². The molecule has 2 aliphatic rings. The molecule has 1 unspecified atom stereocenters. The number of hydroxylamine groups is 1. The van der Waals surface area contributed by atoms with Gasteiger partial charge in [-0.2, -0.15) is 0 Å². The molecule has 0 saturated heterocycles. The SMILES string of the molecule is [O-][N+]1=C(c2ccccc2)C2(CCCC2)CC1CNc1ccccc1. The third kappa shape index (κ3) is 2.68. The van der Waals surface area contributed by atoms with Crippen molar-refractivity contribution in [1.82, 2.24) is 0 Å². The van der Waals surface area contributed by atoms with Crippen LogP contribution in [0.25, 0.3) is 0 Å². The summed E-state index contributed by atoms with van der Waals surface area (Å²) in [6.07, 6.45) is 5.75. The van der Waals surface area contributed by atoms with Gasteiger partial charge in [0.15, 0.2) is 6.04 Å². The van der Waals surface area contributed by atoms with Crippen molar-refractivity contribution >= 4 is 11.4 Å². The summed E-state index contributed by atoms with van der Waals surface area (Å²) in [5.41, 5.74) is 3.31. The maximum Gasteiger partial charge on any atom is 0.201 e. The normalized spacial score (nSPS) is 22.2. The Hall–Kier alpha value is -2.29. The van der Waals surface area contributed by atoms with Crippen molar-refractivity contribution < 1.29 is 4.74 Å². The van der Waals surface area contributed by atoms with E-state index in [0.29, 0.717) is 6.54 Å². The number of benzene rings is 2. The zero-order chi connectivity index (χ0) is 16.4. The van der Waals surface area contributed by atoms with Gasteiger partial charge in [0.05, 0.1) is 12.0 Å². The van der Waals surface area contributed by atoms with Gasteiger partial charge in [0, 0.05) is 17.7 Å². The topological polar surface area (TPSA) is 38.1 Å². The fourth-order valence-electron chi connectivity index (χ4n) is 4.52. The summed E-state index contributed by atoms with van der Waals surface area (Å²) in [5, 5.41) is 16.6. The van der Waals surface area contributed by atoms with Crippen LogP contribution in [0, 0.1) is 10.6 Å². The summed E-state index contributed by atoms with van der Waals surface area (Å²) in [6, 6.07) is 20.4. The highest BCUT2D eigenvalue weighted by molar-refractivity contribution is 6.02. The van der Waals surface area contributed by atoms with Crippen LogP contribution < -0.4 is 5.32 Å². The van der Waals surface area contributed by atoms with Gasteiger partial charge in [-0.1, -0.05) is 49.2 Å². The molecule has 1 spiro atoms. The third-order valence-electron chi connectivity index (χ3n) is 5.60. The van der Waals surface area contributed by atoms with E-state index in [1.807, 2.05) is 36.4 Å². The second-order valence-electron chi connectivity index (χ2n) is 7.13. The van der Waals surface area contributed by atoms with Crippen molar-refractivity contribution in [2.75, 3.05) is 11.9 Å². The first-order chi connectivity index (χ1) is 11.8. The molecule has 1 heterocycles. The number of rotatable bonds is 4. The predicted molar refractivity (Wildman–Crippen MR) is 98.4 cm³/mol. The molecule has 3 nitrogen and oxygen atoms in total. The molecule has 0 bridgehead atoms. The Bertz CT molecular complexity index is 718. The molecule has 2 aromatic rings. The van der Waals surface area contributed by atoms with Crippen LogP contribution in [0.3, 0.4) is 0 Å². The van der Waals surface area contributed by atoms with E-state index < -0.39 is 0 Å².